The summed E-state index contributed by atoms with van der Waals surface area (Å²) < 4.78 is 12.1. The molecule has 0 heterocycles. The van der Waals surface area contributed by atoms with Gasteiger partial charge >= 0.3 is 0 Å². The van der Waals surface area contributed by atoms with Crippen LogP contribution in [-0.2, 0) is 6.61 Å². The number of ether oxygens (including phenoxy) is 2. The van der Waals surface area contributed by atoms with Crippen LogP contribution in [0.4, 0.5) is 0 Å². The lowest BCUT2D eigenvalue weighted by molar-refractivity contribution is 0.111. The maximum absolute atomic E-state index is 11.1. The van der Waals surface area contributed by atoms with E-state index >= 15 is 0 Å². The molecule has 5 heteroatoms. The Bertz CT molecular complexity index is 616. The lowest BCUT2D eigenvalue weighted by Crippen LogP contribution is -2.10. The molecule has 2 rings (SSSR count). The molecule has 110 valence electrons. The highest BCUT2D eigenvalue weighted by atomic mass is 79.9. The highest BCUT2D eigenvalue weighted by molar-refractivity contribution is 9.10. The van der Waals surface area contributed by atoms with Crippen LogP contribution >= 0.6 is 15.9 Å². The van der Waals surface area contributed by atoms with Gasteiger partial charge in [-0.25, -0.2) is 0 Å². The molecule has 0 spiro atoms. The maximum Gasteiger partial charge on any atom is 0.153 e. The van der Waals surface area contributed by atoms with E-state index in [1.807, 2.05) is 24.3 Å². The van der Waals surface area contributed by atoms with Crippen molar-refractivity contribution < 1.29 is 14.3 Å². The number of carbonyl (C=O) groups excluding carboxylic acids is 1. The van der Waals surface area contributed by atoms with Gasteiger partial charge in [0.15, 0.2) is 6.29 Å². The standard InChI is InChI=1S/C16H16BrNO3/c17-15-4-2-1-3-13(15)11-21-16-9-14(20-8-7-18)6-5-12(16)10-19/h1-6,9-10H,7-8,11,18H2. The second kappa shape index (κ2) is 7.81. The SMILES string of the molecule is NCCOc1ccc(C=O)c(OCc2ccccc2Br)c1. The Hall–Kier alpha value is -1.85. The van der Waals surface area contributed by atoms with Gasteiger partial charge in [0.2, 0.25) is 0 Å². The summed E-state index contributed by atoms with van der Waals surface area (Å²) >= 11 is 3.47. The molecule has 2 N–H and O–H groups in total. The van der Waals surface area contributed by atoms with Crippen molar-refractivity contribution in [1.82, 2.24) is 0 Å². The van der Waals surface area contributed by atoms with Crippen LogP contribution in [0.3, 0.4) is 0 Å². The molecule has 2 aromatic rings. The summed E-state index contributed by atoms with van der Waals surface area (Å²) in [7, 11) is 0. The van der Waals surface area contributed by atoms with E-state index in [2.05, 4.69) is 15.9 Å². The lowest BCUT2D eigenvalue weighted by Gasteiger charge is -2.12. The van der Waals surface area contributed by atoms with Gasteiger partial charge in [-0.05, 0) is 18.2 Å². The number of nitrogens with two attached hydrogens (primary N) is 1. The Kier molecular flexibility index (Phi) is 5.78. The number of halogens is 1. The quantitative estimate of drug-likeness (QED) is 0.779. The molecule has 0 fully saturated rings. The minimum Gasteiger partial charge on any atom is -0.492 e. The summed E-state index contributed by atoms with van der Waals surface area (Å²) in [5.41, 5.74) is 6.89. The van der Waals surface area contributed by atoms with Gasteiger partial charge in [-0.15, -0.1) is 0 Å². The Balaban J connectivity index is 2.13. The molecule has 2 aromatic carbocycles. The number of aldehydes is 1. The van der Waals surface area contributed by atoms with Crippen LogP contribution in [0.25, 0.3) is 0 Å². The number of hydrogen-bond donors (Lipinski definition) is 1. The molecule has 21 heavy (non-hydrogen) atoms. The Morgan fingerprint density at radius 3 is 2.67 bits per heavy atom. The Morgan fingerprint density at radius 2 is 1.95 bits per heavy atom. The molecule has 0 saturated heterocycles. The van der Waals surface area contributed by atoms with Crippen molar-refractivity contribution in [2.75, 3.05) is 13.2 Å². The van der Waals surface area contributed by atoms with Crippen LogP contribution in [0.5, 0.6) is 11.5 Å². The zero-order valence-corrected chi connectivity index (χ0v) is 13.0. The van der Waals surface area contributed by atoms with Crippen LogP contribution in [-0.4, -0.2) is 19.4 Å². The van der Waals surface area contributed by atoms with E-state index in [4.69, 9.17) is 15.2 Å². The van der Waals surface area contributed by atoms with E-state index in [1.165, 1.54) is 0 Å². The number of carbonyl (C=O) groups is 1. The number of rotatable bonds is 7. The highest BCUT2D eigenvalue weighted by Gasteiger charge is 2.07. The molecule has 0 amide bonds. The summed E-state index contributed by atoms with van der Waals surface area (Å²) in [4.78, 5) is 11.1. The molecule has 0 aliphatic carbocycles. The largest absolute Gasteiger partial charge is 0.492 e. The van der Waals surface area contributed by atoms with E-state index in [0.717, 1.165) is 16.3 Å². The van der Waals surface area contributed by atoms with Crippen molar-refractivity contribution in [1.29, 1.82) is 0 Å². The predicted molar refractivity (Wildman–Crippen MR) is 84.9 cm³/mol. The van der Waals surface area contributed by atoms with Gasteiger partial charge < -0.3 is 15.2 Å². The van der Waals surface area contributed by atoms with Crippen LogP contribution < -0.4 is 15.2 Å². The second-order valence-electron chi connectivity index (χ2n) is 4.33. The van der Waals surface area contributed by atoms with Crippen LogP contribution in [0, 0.1) is 0 Å². The van der Waals surface area contributed by atoms with Crippen molar-refractivity contribution in [2.45, 2.75) is 6.61 Å². The summed E-state index contributed by atoms with van der Waals surface area (Å²) in [6.07, 6.45) is 0.766. The summed E-state index contributed by atoms with van der Waals surface area (Å²) in [5, 5.41) is 0. The van der Waals surface area contributed by atoms with E-state index in [0.29, 0.717) is 36.8 Å². The Morgan fingerprint density at radius 1 is 1.14 bits per heavy atom. The smallest absolute Gasteiger partial charge is 0.153 e. The highest BCUT2D eigenvalue weighted by Crippen LogP contribution is 2.26. The van der Waals surface area contributed by atoms with Crippen molar-refractivity contribution >= 4 is 22.2 Å². The fourth-order valence-electron chi connectivity index (χ4n) is 1.77. The second-order valence-corrected chi connectivity index (χ2v) is 5.19. The first-order chi connectivity index (χ1) is 10.2. The number of hydrogen-bond acceptors (Lipinski definition) is 4. The molecule has 0 atom stereocenters. The zero-order valence-electron chi connectivity index (χ0n) is 11.4. The summed E-state index contributed by atoms with van der Waals surface area (Å²) in [6.45, 7) is 1.22. The van der Waals surface area contributed by atoms with E-state index in [9.17, 15) is 4.79 Å². The van der Waals surface area contributed by atoms with Gasteiger partial charge in [-0.3, -0.25) is 4.79 Å². The van der Waals surface area contributed by atoms with Gasteiger partial charge in [-0.1, -0.05) is 34.1 Å². The van der Waals surface area contributed by atoms with Crippen molar-refractivity contribution in [2.24, 2.45) is 5.73 Å². The molecule has 4 nitrogen and oxygen atoms in total. The first kappa shape index (κ1) is 15.5. The van der Waals surface area contributed by atoms with E-state index in [-0.39, 0.29) is 0 Å². The molecular weight excluding hydrogens is 334 g/mol. The minimum atomic E-state index is 0.364. The number of benzene rings is 2. The van der Waals surface area contributed by atoms with Crippen molar-refractivity contribution in [3.8, 4) is 11.5 Å². The van der Waals surface area contributed by atoms with Gasteiger partial charge in [0, 0.05) is 22.6 Å². The van der Waals surface area contributed by atoms with Gasteiger partial charge in [0.05, 0.1) is 5.56 Å². The summed E-state index contributed by atoms with van der Waals surface area (Å²) in [6, 6.07) is 12.9. The van der Waals surface area contributed by atoms with Gasteiger partial charge in [0.25, 0.3) is 0 Å². The van der Waals surface area contributed by atoms with E-state index in [1.54, 1.807) is 18.2 Å². The van der Waals surface area contributed by atoms with Crippen LogP contribution in [0.2, 0.25) is 0 Å². The predicted octanol–water partition coefficient (Wildman–Crippen LogP) is 3.18. The van der Waals surface area contributed by atoms with Crippen LogP contribution in [0.15, 0.2) is 46.9 Å². The average molecular weight is 350 g/mol. The van der Waals surface area contributed by atoms with Crippen LogP contribution in [0.1, 0.15) is 15.9 Å². The molecular formula is C16H16BrNO3. The molecule has 0 radical (unpaired) electrons. The normalized spacial score (nSPS) is 10.2. The van der Waals surface area contributed by atoms with Gasteiger partial charge in [-0.2, -0.15) is 0 Å². The minimum absolute atomic E-state index is 0.364. The first-order valence-corrected chi connectivity index (χ1v) is 7.32. The van der Waals surface area contributed by atoms with Gasteiger partial charge in [0.1, 0.15) is 24.7 Å². The molecule has 0 aliphatic heterocycles. The third-order valence-corrected chi connectivity index (χ3v) is 3.61. The Labute approximate surface area is 132 Å². The first-order valence-electron chi connectivity index (χ1n) is 6.53. The summed E-state index contributed by atoms with van der Waals surface area (Å²) in [5.74, 6) is 1.13. The molecule has 0 aliphatic rings. The maximum atomic E-state index is 11.1. The molecule has 0 unspecified atom stereocenters. The molecule has 0 bridgehead atoms. The zero-order chi connectivity index (χ0) is 15.1. The molecule has 0 saturated carbocycles. The third kappa shape index (κ3) is 4.31. The fourth-order valence-corrected chi connectivity index (χ4v) is 2.17. The average Bonchev–Trinajstić information content (AvgIpc) is 2.52. The van der Waals surface area contributed by atoms with Crippen molar-refractivity contribution in [3.63, 3.8) is 0 Å². The third-order valence-electron chi connectivity index (χ3n) is 2.84. The molecule has 0 aromatic heterocycles. The van der Waals surface area contributed by atoms with E-state index < -0.39 is 0 Å². The fraction of sp³-hybridized carbons (Fsp3) is 0.188. The monoisotopic (exact) mass is 349 g/mol. The lowest BCUT2D eigenvalue weighted by atomic mass is 10.2. The van der Waals surface area contributed by atoms with Crippen molar-refractivity contribution in [3.05, 3.63) is 58.1 Å². The topological polar surface area (TPSA) is 61.5 Å².